The van der Waals surface area contributed by atoms with Crippen molar-refractivity contribution in [1.82, 2.24) is 19.7 Å². The quantitative estimate of drug-likeness (QED) is 0.484. The van der Waals surface area contributed by atoms with Crippen LogP contribution in [-0.2, 0) is 12.9 Å². The molecule has 164 valence electrons. The van der Waals surface area contributed by atoms with Crippen LogP contribution in [0.2, 0.25) is 0 Å². The maximum Gasteiger partial charge on any atom is 0.418 e. The molecule has 0 radical (unpaired) electrons. The van der Waals surface area contributed by atoms with Crippen molar-refractivity contribution in [2.75, 3.05) is 17.2 Å². The number of carbonyl (C=O) groups excluding carboxylic acids is 1. The predicted molar refractivity (Wildman–Crippen MR) is 107 cm³/mol. The molecule has 0 spiro atoms. The lowest BCUT2D eigenvalue weighted by molar-refractivity contribution is -0.138. The number of halogens is 4. The molecule has 0 aromatic carbocycles. The van der Waals surface area contributed by atoms with Gasteiger partial charge in [-0.1, -0.05) is 11.8 Å². The van der Waals surface area contributed by atoms with Crippen LogP contribution in [0.4, 0.5) is 29.2 Å². The van der Waals surface area contributed by atoms with Crippen LogP contribution in [0.5, 0.6) is 0 Å². The summed E-state index contributed by atoms with van der Waals surface area (Å²) in [5.74, 6) is 5.47. The fraction of sp³-hybridized carbons (Fsp3) is 0.238. The van der Waals surface area contributed by atoms with Crippen LogP contribution in [0, 0.1) is 11.8 Å². The molecule has 0 bridgehead atoms. The zero-order chi connectivity index (χ0) is 23.0. The first-order valence-corrected chi connectivity index (χ1v) is 9.45. The van der Waals surface area contributed by atoms with Crippen molar-refractivity contribution in [3.63, 3.8) is 0 Å². The number of anilines is 2. The average Bonchev–Trinajstić information content (AvgIpc) is 3.20. The minimum atomic E-state index is -4.75. The lowest BCUT2D eigenvalue weighted by Gasteiger charge is -2.31. The summed E-state index contributed by atoms with van der Waals surface area (Å²) < 4.78 is 54.0. The molecule has 1 atom stereocenters. The van der Waals surface area contributed by atoms with E-state index in [0.29, 0.717) is 16.9 Å². The number of nitrogens with zero attached hydrogens (tertiary/aromatic N) is 5. The third-order valence-electron chi connectivity index (χ3n) is 4.90. The van der Waals surface area contributed by atoms with Crippen LogP contribution in [0.25, 0.3) is 0 Å². The summed E-state index contributed by atoms with van der Waals surface area (Å²) in [5, 5.41) is 4.22. The molecule has 0 saturated carbocycles. The number of nitrogen functional groups attached to an aromatic ring is 1. The zero-order valence-corrected chi connectivity index (χ0v) is 16.7. The van der Waals surface area contributed by atoms with Crippen molar-refractivity contribution in [2.45, 2.75) is 25.8 Å². The van der Waals surface area contributed by atoms with E-state index in [9.17, 15) is 22.4 Å². The van der Waals surface area contributed by atoms with Gasteiger partial charge in [0.25, 0.3) is 5.91 Å². The second-order valence-electron chi connectivity index (χ2n) is 7.13. The summed E-state index contributed by atoms with van der Waals surface area (Å²) in [6.45, 7) is 0.480. The van der Waals surface area contributed by atoms with Crippen molar-refractivity contribution in [1.29, 1.82) is 0 Å². The Labute approximate surface area is 179 Å². The minimum Gasteiger partial charge on any atom is -0.384 e. The van der Waals surface area contributed by atoms with E-state index >= 15 is 0 Å². The topological polar surface area (TPSA) is 89.9 Å². The summed E-state index contributed by atoms with van der Waals surface area (Å²) in [6, 6.07) is 4.74. The largest absolute Gasteiger partial charge is 0.418 e. The van der Waals surface area contributed by atoms with Gasteiger partial charge < -0.3 is 5.73 Å². The molecule has 0 fully saturated rings. The highest BCUT2D eigenvalue weighted by molar-refractivity contribution is 6.06. The molecular weight excluding hydrogens is 428 g/mol. The van der Waals surface area contributed by atoms with Crippen molar-refractivity contribution in [3.8, 4) is 11.8 Å². The van der Waals surface area contributed by atoms with Gasteiger partial charge in [-0.25, -0.2) is 14.4 Å². The van der Waals surface area contributed by atoms with Crippen LogP contribution in [0.15, 0.2) is 36.7 Å². The van der Waals surface area contributed by atoms with Gasteiger partial charge in [0, 0.05) is 18.3 Å². The van der Waals surface area contributed by atoms with Crippen LogP contribution < -0.4 is 10.6 Å². The average molecular weight is 444 g/mol. The van der Waals surface area contributed by atoms with Gasteiger partial charge in [-0.05, 0) is 31.2 Å². The van der Waals surface area contributed by atoms with Gasteiger partial charge in [0.1, 0.15) is 24.0 Å². The molecule has 2 N–H and O–H groups in total. The minimum absolute atomic E-state index is 0.0726. The van der Waals surface area contributed by atoms with Crippen molar-refractivity contribution < 1.29 is 22.4 Å². The Morgan fingerprint density at radius 1 is 1.19 bits per heavy atom. The van der Waals surface area contributed by atoms with Crippen LogP contribution in [-0.4, -0.2) is 32.2 Å². The van der Waals surface area contributed by atoms with E-state index in [-0.39, 0.29) is 24.1 Å². The second-order valence-corrected chi connectivity index (χ2v) is 7.13. The summed E-state index contributed by atoms with van der Waals surface area (Å²) in [5.41, 5.74) is 4.68. The van der Waals surface area contributed by atoms with Crippen molar-refractivity contribution in [2.24, 2.45) is 0 Å². The highest BCUT2D eigenvalue weighted by Gasteiger charge is 2.37. The van der Waals surface area contributed by atoms with E-state index in [1.54, 1.807) is 19.1 Å². The Bertz CT molecular complexity index is 1240. The highest BCUT2D eigenvalue weighted by Crippen LogP contribution is 2.34. The second kappa shape index (κ2) is 7.96. The zero-order valence-electron chi connectivity index (χ0n) is 16.7. The number of hydrogen-bond acceptors (Lipinski definition) is 5. The van der Waals surface area contributed by atoms with E-state index < -0.39 is 30.0 Å². The van der Waals surface area contributed by atoms with Crippen LogP contribution >= 0.6 is 0 Å². The fourth-order valence-corrected chi connectivity index (χ4v) is 3.37. The predicted octanol–water partition coefficient (Wildman–Crippen LogP) is 3.36. The molecule has 0 aliphatic carbocycles. The molecular formula is C21H16F4N6O. The molecule has 3 aromatic heterocycles. The molecule has 32 heavy (non-hydrogen) atoms. The number of nitrogens with two attached hydrogens (primary N) is 1. The monoisotopic (exact) mass is 444 g/mol. The third-order valence-corrected chi connectivity index (χ3v) is 4.90. The third kappa shape index (κ3) is 3.87. The Morgan fingerprint density at radius 2 is 1.97 bits per heavy atom. The first-order chi connectivity index (χ1) is 15.2. The van der Waals surface area contributed by atoms with Crippen LogP contribution in [0.1, 0.15) is 45.8 Å². The van der Waals surface area contributed by atoms with E-state index in [4.69, 9.17) is 5.73 Å². The SMILES string of the molecule is C[C@H]1CN(c2ccc(C(F)(F)F)c(CF)n2)C(=O)c2c(C#Cc3ccc(N)nc3)cnn21. The summed E-state index contributed by atoms with van der Waals surface area (Å²) in [6.07, 6.45) is -1.82. The lowest BCUT2D eigenvalue weighted by Crippen LogP contribution is -2.43. The maximum atomic E-state index is 13.3. The van der Waals surface area contributed by atoms with Gasteiger partial charge in [-0.3, -0.25) is 14.4 Å². The summed E-state index contributed by atoms with van der Waals surface area (Å²) >= 11 is 0. The number of rotatable bonds is 2. The summed E-state index contributed by atoms with van der Waals surface area (Å²) in [7, 11) is 0. The van der Waals surface area contributed by atoms with Gasteiger partial charge in [0.05, 0.1) is 29.1 Å². The number of hydrogen-bond donors (Lipinski definition) is 1. The molecule has 1 aliphatic heterocycles. The van der Waals surface area contributed by atoms with Gasteiger partial charge in [0.2, 0.25) is 0 Å². The number of amides is 1. The Kier molecular flexibility index (Phi) is 5.30. The maximum absolute atomic E-state index is 13.3. The van der Waals surface area contributed by atoms with Crippen LogP contribution in [0.3, 0.4) is 0 Å². The Balaban J connectivity index is 1.71. The first kappa shape index (κ1) is 21.3. The van der Waals surface area contributed by atoms with Gasteiger partial charge in [-0.2, -0.15) is 18.3 Å². The van der Waals surface area contributed by atoms with E-state index in [2.05, 4.69) is 26.9 Å². The number of pyridine rings is 2. The van der Waals surface area contributed by atoms with Gasteiger partial charge >= 0.3 is 6.18 Å². The molecule has 0 unspecified atom stereocenters. The molecule has 0 saturated heterocycles. The molecule has 1 amide bonds. The lowest BCUT2D eigenvalue weighted by atomic mass is 10.1. The summed E-state index contributed by atoms with van der Waals surface area (Å²) in [4.78, 5) is 22.1. The molecule has 7 nitrogen and oxygen atoms in total. The first-order valence-electron chi connectivity index (χ1n) is 9.45. The molecule has 1 aliphatic rings. The number of aromatic nitrogens is 4. The Morgan fingerprint density at radius 3 is 2.62 bits per heavy atom. The van der Waals surface area contributed by atoms with Gasteiger partial charge in [-0.15, -0.1) is 0 Å². The highest BCUT2D eigenvalue weighted by atomic mass is 19.4. The molecule has 4 rings (SSSR count). The van der Waals surface area contributed by atoms with Crippen molar-refractivity contribution in [3.05, 3.63) is 64.7 Å². The smallest absolute Gasteiger partial charge is 0.384 e. The normalized spacial score (nSPS) is 15.8. The molecule has 3 aromatic rings. The standard InChI is InChI=1S/C21H16F4N6O/c1-12-11-30(18-7-5-15(21(23,24)25)16(8-22)29-18)20(32)19-14(10-28-31(12)19)4-2-13-3-6-17(26)27-9-13/h3,5-7,9-10,12H,8,11H2,1H3,(H2,26,27)/t12-/m0/s1. The molecule has 4 heterocycles. The van der Waals surface area contributed by atoms with E-state index in [1.807, 2.05) is 0 Å². The number of fused-ring (bicyclic) bond motifs is 1. The Hall–Kier alpha value is -3.94. The molecule has 11 heteroatoms. The number of carbonyl (C=O) groups is 1. The van der Waals surface area contributed by atoms with E-state index in [0.717, 1.165) is 12.1 Å². The van der Waals surface area contributed by atoms with Gasteiger partial charge in [0.15, 0.2) is 0 Å². The van der Waals surface area contributed by atoms with E-state index in [1.165, 1.54) is 22.0 Å². The number of alkyl halides is 4. The fourth-order valence-electron chi connectivity index (χ4n) is 3.37. The van der Waals surface area contributed by atoms with Crippen molar-refractivity contribution >= 4 is 17.5 Å².